The lowest BCUT2D eigenvalue weighted by Gasteiger charge is -1.94. The van der Waals surface area contributed by atoms with Gasteiger partial charge < -0.3 is 0 Å². The highest BCUT2D eigenvalue weighted by Crippen LogP contribution is 2.04. The van der Waals surface area contributed by atoms with Gasteiger partial charge in [0.05, 0.1) is 0 Å². The maximum atomic E-state index is 2.35. The van der Waals surface area contributed by atoms with Crippen LogP contribution >= 0.6 is 0 Å². The number of hydrogen-bond donors (Lipinski definition) is 0. The third kappa shape index (κ3) is 6.47. The molecule has 0 saturated carbocycles. The summed E-state index contributed by atoms with van der Waals surface area (Å²) < 4.78 is 0. The summed E-state index contributed by atoms with van der Waals surface area (Å²) in [5.74, 6) is 0. The van der Waals surface area contributed by atoms with Gasteiger partial charge in [-0.15, -0.1) is 0 Å². The molecule has 14 heavy (non-hydrogen) atoms. The Morgan fingerprint density at radius 2 is 1.36 bits per heavy atom. The van der Waals surface area contributed by atoms with E-state index in [-0.39, 0.29) is 0 Å². The van der Waals surface area contributed by atoms with Gasteiger partial charge in [-0.3, -0.25) is 0 Å². The molecule has 0 amide bonds. The van der Waals surface area contributed by atoms with E-state index in [1.165, 1.54) is 19.3 Å². The van der Waals surface area contributed by atoms with E-state index in [0.717, 1.165) is 12.8 Å². The van der Waals surface area contributed by atoms with Crippen molar-refractivity contribution in [1.82, 2.24) is 0 Å². The predicted molar refractivity (Wildman–Crippen MR) is 63.9 cm³/mol. The Morgan fingerprint density at radius 3 is 2.21 bits per heavy atom. The maximum absolute atomic E-state index is 2.35. The van der Waals surface area contributed by atoms with Crippen LogP contribution in [-0.4, -0.2) is 0 Å². The lowest BCUT2D eigenvalue weighted by atomic mass is 10.1. The average molecular weight is 187 g/mol. The van der Waals surface area contributed by atoms with Crippen molar-refractivity contribution in [1.29, 1.82) is 0 Å². The van der Waals surface area contributed by atoms with Crippen LogP contribution in [0.15, 0.2) is 48.6 Å². The van der Waals surface area contributed by atoms with Crippen LogP contribution in [0.25, 0.3) is 0 Å². The molecule has 0 unspecified atom stereocenters. The van der Waals surface area contributed by atoms with Gasteiger partial charge in [0.25, 0.3) is 0 Å². The molecule has 0 bridgehead atoms. The summed E-state index contributed by atoms with van der Waals surface area (Å²) in [6.07, 6.45) is 25.5. The molecule has 0 saturated heterocycles. The van der Waals surface area contributed by atoms with Crippen LogP contribution in [0.2, 0.25) is 0 Å². The van der Waals surface area contributed by atoms with E-state index in [9.17, 15) is 0 Å². The van der Waals surface area contributed by atoms with Gasteiger partial charge in [-0.05, 0) is 38.5 Å². The second-order valence-corrected chi connectivity index (χ2v) is 3.40. The molecule has 0 heteroatoms. The first-order valence-electron chi connectivity index (χ1n) is 5.45. The Balaban J connectivity index is 2.36. The third-order valence-electron chi connectivity index (χ3n) is 2.13. The molecule has 0 aromatic heterocycles. The highest BCUT2D eigenvalue weighted by molar-refractivity contribution is 5.12. The Hall–Kier alpha value is -1.04. The molecule has 1 rings (SSSR count). The topological polar surface area (TPSA) is 0 Å². The molecule has 0 aromatic carbocycles. The average Bonchev–Trinajstić information content (AvgIpc) is 2.22. The lowest BCUT2D eigenvalue weighted by Crippen LogP contribution is -1.76. The summed E-state index contributed by atoms with van der Waals surface area (Å²) in [4.78, 5) is 0. The molecule has 0 fully saturated rings. The van der Waals surface area contributed by atoms with Crippen molar-refractivity contribution in [2.75, 3.05) is 0 Å². The fourth-order valence-electron chi connectivity index (χ4n) is 1.33. The van der Waals surface area contributed by atoms with E-state index in [1.807, 2.05) is 0 Å². The molecule has 0 aromatic rings. The molecule has 0 nitrogen and oxygen atoms in total. The van der Waals surface area contributed by atoms with E-state index in [0.29, 0.717) is 0 Å². The van der Waals surface area contributed by atoms with Gasteiger partial charge in [-0.1, -0.05) is 48.6 Å². The Kier molecular flexibility index (Phi) is 6.74. The molecule has 1 aliphatic rings. The van der Waals surface area contributed by atoms with Gasteiger partial charge in [0.15, 0.2) is 0 Å². The molecule has 0 aliphatic heterocycles. The second kappa shape index (κ2) is 8.55. The lowest BCUT2D eigenvalue weighted by molar-refractivity contribution is 0.810. The normalized spacial score (nSPS) is 19.4. The first-order valence-corrected chi connectivity index (χ1v) is 5.45. The molecular weight excluding hydrogens is 168 g/mol. The fraction of sp³-hybridized carbons (Fsp3) is 0.357. The first kappa shape index (κ1) is 11.0. The van der Waals surface area contributed by atoms with Crippen LogP contribution in [0, 0.1) is 6.42 Å². The zero-order valence-corrected chi connectivity index (χ0v) is 8.73. The van der Waals surface area contributed by atoms with Gasteiger partial charge in [0.1, 0.15) is 0 Å². The van der Waals surface area contributed by atoms with E-state index >= 15 is 0 Å². The Labute approximate surface area is 87.7 Å². The monoisotopic (exact) mass is 187 g/mol. The zero-order valence-electron chi connectivity index (χ0n) is 8.73. The quantitative estimate of drug-likeness (QED) is 0.494. The maximum Gasteiger partial charge on any atom is -0.0166 e. The van der Waals surface area contributed by atoms with E-state index in [4.69, 9.17) is 0 Å². The summed E-state index contributed by atoms with van der Waals surface area (Å²) in [7, 11) is 0. The van der Waals surface area contributed by atoms with Crippen LogP contribution in [0.3, 0.4) is 0 Å². The van der Waals surface area contributed by atoms with Crippen molar-refractivity contribution in [3.05, 3.63) is 55.0 Å². The second-order valence-electron chi connectivity index (χ2n) is 3.40. The smallest absolute Gasteiger partial charge is 0.0166 e. The van der Waals surface area contributed by atoms with Crippen molar-refractivity contribution in [2.24, 2.45) is 0 Å². The van der Waals surface area contributed by atoms with Gasteiger partial charge in [-0.2, -0.15) is 0 Å². The standard InChI is InChI=1S/C14H19/c1-2-4-6-8-10-12-14-13-11-9-7-5-3-1/h1-6,9-11H,7-8,12-14H2. The molecule has 0 atom stereocenters. The van der Waals surface area contributed by atoms with E-state index in [2.05, 4.69) is 55.0 Å². The van der Waals surface area contributed by atoms with Gasteiger partial charge in [0, 0.05) is 0 Å². The molecule has 75 valence electrons. The van der Waals surface area contributed by atoms with Gasteiger partial charge in [-0.25, -0.2) is 0 Å². The first-order chi connectivity index (χ1) is 7.00. The minimum absolute atomic E-state index is 1.05. The zero-order chi connectivity index (χ0) is 9.90. The molecule has 0 spiro atoms. The summed E-state index contributed by atoms with van der Waals surface area (Å²) in [6.45, 7) is 0. The molecule has 1 aliphatic carbocycles. The summed E-state index contributed by atoms with van der Waals surface area (Å²) in [5.41, 5.74) is 0. The number of rotatable bonds is 0. The Morgan fingerprint density at radius 1 is 0.571 bits per heavy atom. The van der Waals surface area contributed by atoms with Crippen molar-refractivity contribution in [2.45, 2.75) is 32.1 Å². The summed E-state index contributed by atoms with van der Waals surface area (Å²) in [6, 6.07) is 0. The van der Waals surface area contributed by atoms with Crippen LogP contribution in [-0.2, 0) is 0 Å². The SMILES string of the molecule is [CH]1CC=CC=CC=CCC=CCCC1. The molecule has 0 heterocycles. The summed E-state index contributed by atoms with van der Waals surface area (Å²) in [5, 5.41) is 0. The van der Waals surface area contributed by atoms with Gasteiger partial charge in [0.2, 0.25) is 0 Å². The number of allylic oxidation sites excluding steroid dienone is 8. The van der Waals surface area contributed by atoms with Crippen LogP contribution < -0.4 is 0 Å². The Bertz CT molecular complexity index is 228. The molecule has 0 N–H and O–H groups in total. The predicted octanol–water partition coefficient (Wildman–Crippen LogP) is 4.38. The molecule has 1 radical (unpaired) electrons. The summed E-state index contributed by atoms with van der Waals surface area (Å²) >= 11 is 0. The molecular formula is C14H19. The minimum atomic E-state index is 1.05. The third-order valence-corrected chi connectivity index (χ3v) is 2.13. The highest BCUT2D eigenvalue weighted by atomic mass is 13.9. The fourth-order valence-corrected chi connectivity index (χ4v) is 1.33. The van der Waals surface area contributed by atoms with E-state index in [1.54, 1.807) is 0 Å². The van der Waals surface area contributed by atoms with E-state index < -0.39 is 0 Å². The minimum Gasteiger partial charge on any atom is -0.0882 e. The van der Waals surface area contributed by atoms with Crippen LogP contribution in [0.4, 0.5) is 0 Å². The van der Waals surface area contributed by atoms with Crippen molar-refractivity contribution in [3.63, 3.8) is 0 Å². The van der Waals surface area contributed by atoms with Gasteiger partial charge >= 0.3 is 0 Å². The largest absolute Gasteiger partial charge is 0.0882 e. The van der Waals surface area contributed by atoms with Crippen LogP contribution in [0.5, 0.6) is 0 Å². The highest BCUT2D eigenvalue weighted by Gasteiger charge is 1.85. The van der Waals surface area contributed by atoms with Crippen molar-refractivity contribution >= 4 is 0 Å². The van der Waals surface area contributed by atoms with Crippen molar-refractivity contribution in [3.8, 4) is 0 Å². The van der Waals surface area contributed by atoms with Crippen molar-refractivity contribution < 1.29 is 0 Å². The van der Waals surface area contributed by atoms with Crippen LogP contribution in [0.1, 0.15) is 32.1 Å². The number of hydrogen-bond acceptors (Lipinski definition) is 0.